The van der Waals surface area contributed by atoms with Gasteiger partial charge in [-0.1, -0.05) is 13.0 Å². The molecule has 7 rings (SSSR count). The van der Waals surface area contributed by atoms with Gasteiger partial charge in [-0.3, -0.25) is 9.69 Å². The number of rotatable bonds is 5. The molecule has 2 aliphatic heterocycles. The third-order valence-electron chi connectivity index (χ3n) is 9.86. The van der Waals surface area contributed by atoms with E-state index in [-0.39, 0.29) is 29.7 Å². The largest absolute Gasteiger partial charge is 0.504 e. The summed E-state index contributed by atoms with van der Waals surface area (Å²) in [5, 5.41) is 25.6. The number of phenolic OH excluding ortho intramolecular Hbond substituents is 1. The van der Waals surface area contributed by atoms with Gasteiger partial charge in [-0.2, -0.15) is 0 Å². The number of halogens is 1. The minimum Gasteiger partial charge on any atom is -0.504 e. The summed E-state index contributed by atoms with van der Waals surface area (Å²) in [4.78, 5) is 18.8. The first-order valence-corrected chi connectivity index (χ1v) is 15.1. The van der Waals surface area contributed by atoms with Crippen molar-refractivity contribution in [2.24, 2.45) is 11.8 Å². The predicted octanol–water partition coefficient (Wildman–Crippen LogP) is 4.57. The van der Waals surface area contributed by atoms with Crippen molar-refractivity contribution in [1.82, 2.24) is 9.80 Å². The van der Waals surface area contributed by atoms with E-state index in [1.165, 1.54) is 18.4 Å². The molecule has 1 saturated heterocycles. The molecule has 1 aromatic carbocycles. The summed E-state index contributed by atoms with van der Waals surface area (Å²) < 4.78 is 7.68. The predicted molar refractivity (Wildman–Crippen MR) is 147 cm³/mol. The lowest BCUT2D eigenvalue weighted by Crippen LogP contribution is -2.79. The van der Waals surface area contributed by atoms with Gasteiger partial charge in [0.05, 0.1) is 17.1 Å². The van der Waals surface area contributed by atoms with Gasteiger partial charge in [0.2, 0.25) is 5.91 Å². The second-order valence-electron chi connectivity index (χ2n) is 11.9. The molecule has 1 aromatic heterocycles. The normalized spacial score (nSPS) is 35.9. The summed E-state index contributed by atoms with van der Waals surface area (Å²) in [6.07, 6.45) is 7.81. The maximum Gasteiger partial charge on any atom is 0.246 e. The lowest BCUT2D eigenvalue weighted by Gasteiger charge is -2.66. The van der Waals surface area contributed by atoms with Crippen LogP contribution in [0.4, 0.5) is 0 Å². The molecule has 0 unspecified atom stereocenters. The van der Waals surface area contributed by atoms with Gasteiger partial charge < -0.3 is 19.8 Å². The first-order chi connectivity index (χ1) is 17.7. The van der Waals surface area contributed by atoms with Gasteiger partial charge in [-0.05, 0) is 90.2 Å². The lowest BCUT2D eigenvalue weighted by molar-refractivity contribution is -0.212. The molecule has 5 aliphatic rings. The Kier molecular flexibility index (Phi) is 5.43. The van der Waals surface area contributed by atoms with E-state index >= 15 is 0 Å². The van der Waals surface area contributed by atoms with E-state index < -0.39 is 17.1 Å². The van der Waals surface area contributed by atoms with Crippen molar-refractivity contribution in [3.63, 3.8) is 0 Å². The highest BCUT2D eigenvalue weighted by atomic mass is 79.9. The van der Waals surface area contributed by atoms with Crippen molar-refractivity contribution >= 4 is 39.2 Å². The Labute approximate surface area is 230 Å². The van der Waals surface area contributed by atoms with Crippen LogP contribution >= 0.6 is 27.3 Å². The van der Waals surface area contributed by atoms with E-state index in [4.69, 9.17) is 4.74 Å². The van der Waals surface area contributed by atoms with E-state index in [9.17, 15) is 15.0 Å². The standard InChI is InChI=1S/C29H33BrN2O4S/c1-16-13-29(35)22-11-18-5-7-21(33)26-24(18)28(29,9-10-32(22)14-17-3-4-17)27(36-26)25(16)31(2)23(34)8-6-20-12-19(30)15-37-20/h5-8,12,15-17,22,25,27,33,35H,3-4,9-11,13-14H2,1-2H3/b8-6+/t16-,22-,25+,27+,28+,29-/m1/s1. The van der Waals surface area contributed by atoms with E-state index in [2.05, 4.69) is 27.8 Å². The molecule has 196 valence electrons. The number of aliphatic hydroxyl groups is 1. The van der Waals surface area contributed by atoms with Gasteiger partial charge in [0, 0.05) is 46.0 Å². The van der Waals surface area contributed by atoms with Crippen LogP contribution in [0.5, 0.6) is 11.5 Å². The molecule has 1 spiro atoms. The number of carbonyl (C=O) groups is 1. The molecule has 2 aromatic rings. The first kappa shape index (κ1) is 24.2. The molecule has 6 atom stereocenters. The number of phenols is 1. The Balaban J connectivity index is 1.29. The molecule has 8 heteroatoms. The second-order valence-corrected chi connectivity index (χ2v) is 13.8. The average Bonchev–Trinajstić information content (AvgIpc) is 3.46. The number of likely N-dealkylation sites (tertiary alicyclic amines) is 1. The summed E-state index contributed by atoms with van der Waals surface area (Å²) in [5.41, 5.74) is 0.582. The Morgan fingerprint density at radius 3 is 2.92 bits per heavy atom. The van der Waals surface area contributed by atoms with Crippen LogP contribution in [0.15, 0.2) is 34.1 Å². The van der Waals surface area contributed by atoms with Crippen molar-refractivity contribution in [3.8, 4) is 11.5 Å². The third-order valence-corrected chi connectivity index (χ3v) is 11.5. The van der Waals surface area contributed by atoms with Crippen molar-refractivity contribution < 1.29 is 19.7 Å². The number of carbonyl (C=O) groups excluding carboxylic acids is 1. The number of piperidine rings is 1. The maximum atomic E-state index is 13.4. The number of hydrogen-bond acceptors (Lipinski definition) is 6. The van der Waals surface area contributed by atoms with Crippen LogP contribution in [0.2, 0.25) is 0 Å². The molecule has 2 N–H and O–H groups in total. The van der Waals surface area contributed by atoms with Crippen molar-refractivity contribution in [1.29, 1.82) is 0 Å². The molecule has 1 amide bonds. The minimum absolute atomic E-state index is 0.0255. The van der Waals surface area contributed by atoms with Gasteiger partial charge in [0.15, 0.2) is 11.5 Å². The number of amides is 1. The summed E-state index contributed by atoms with van der Waals surface area (Å²) in [5.74, 6) is 1.35. The average molecular weight is 586 g/mol. The fourth-order valence-corrected chi connectivity index (χ4v) is 9.48. The number of nitrogens with zero attached hydrogens (tertiary/aromatic N) is 2. The molecule has 6 nitrogen and oxygen atoms in total. The zero-order chi connectivity index (χ0) is 25.7. The highest BCUT2D eigenvalue weighted by Crippen LogP contribution is 2.66. The molecular formula is C29H33BrN2O4S. The van der Waals surface area contributed by atoms with Crippen molar-refractivity contribution in [2.45, 2.75) is 68.2 Å². The summed E-state index contributed by atoms with van der Waals surface area (Å²) >= 11 is 5.05. The van der Waals surface area contributed by atoms with Crippen LogP contribution in [-0.2, 0) is 16.6 Å². The fourth-order valence-electron chi connectivity index (χ4n) is 8.15. The van der Waals surface area contributed by atoms with Gasteiger partial charge in [0.25, 0.3) is 0 Å². The molecule has 2 bridgehead atoms. The molecule has 2 saturated carbocycles. The van der Waals surface area contributed by atoms with Crippen LogP contribution in [-0.4, -0.2) is 69.8 Å². The highest BCUT2D eigenvalue weighted by Gasteiger charge is 2.74. The Morgan fingerprint density at radius 2 is 2.19 bits per heavy atom. The first-order valence-electron chi connectivity index (χ1n) is 13.4. The third kappa shape index (κ3) is 3.38. The van der Waals surface area contributed by atoms with Crippen LogP contribution < -0.4 is 4.74 Å². The zero-order valence-electron chi connectivity index (χ0n) is 21.2. The van der Waals surface area contributed by atoms with Crippen molar-refractivity contribution in [3.05, 3.63) is 50.1 Å². The van der Waals surface area contributed by atoms with Crippen molar-refractivity contribution in [2.75, 3.05) is 20.1 Å². The number of thiophene rings is 1. The second kappa shape index (κ2) is 8.31. The molecule has 3 heterocycles. The van der Waals surface area contributed by atoms with Gasteiger partial charge in [0.1, 0.15) is 6.10 Å². The SMILES string of the molecule is C[C@@H]1C[C@@]2(O)[C@H]3Cc4ccc(O)c5c4[C@@]2(CCN3CC2CC2)[C@@H](O5)[C@H]1N(C)C(=O)/C=C/c1cc(Br)cs1. The Bertz CT molecular complexity index is 1310. The molecule has 3 aliphatic carbocycles. The zero-order valence-corrected chi connectivity index (χ0v) is 23.6. The lowest BCUT2D eigenvalue weighted by atomic mass is 9.46. The summed E-state index contributed by atoms with van der Waals surface area (Å²) in [7, 11) is 1.86. The number of aromatic hydroxyl groups is 1. The van der Waals surface area contributed by atoms with Crippen LogP contribution in [0, 0.1) is 11.8 Å². The highest BCUT2D eigenvalue weighted by molar-refractivity contribution is 9.10. The summed E-state index contributed by atoms with van der Waals surface area (Å²) in [6, 6.07) is 5.56. The Morgan fingerprint density at radius 1 is 1.38 bits per heavy atom. The number of likely N-dealkylation sites (N-methyl/N-ethyl adjacent to an activating group) is 1. The maximum absolute atomic E-state index is 13.4. The number of hydrogen-bond donors (Lipinski definition) is 2. The van der Waals surface area contributed by atoms with Crippen LogP contribution in [0.25, 0.3) is 6.08 Å². The number of benzene rings is 1. The molecular weight excluding hydrogens is 552 g/mol. The van der Waals surface area contributed by atoms with Gasteiger partial charge in [-0.15, -0.1) is 11.3 Å². The monoisotopic (exact) mass is 584 g/mol. The molecule has 3 fully saturated rings. The van der Waals surface area contributed by atoms with Gasteiger partial charge in [-0.25, -0.2) is 0 Å². The van der Waals surface area contributed by atoms with Crippen LogP contribution in [0.3, 0.4) is 0 Å². The molecule has 0 radical (unpaired) electrons. The quantitative estimate of drug-likeness (QED) is 0.504. The van der Waals surface area contributed by atoms with Crippen LogP contribution in [0.1, 0.15) is 48.6 Å². The smallest absolute Gasteiger partial charge is 0.246 e. The molecule has 37 heavy (non-hydrogen) atoms. The Hall–Kier alpha value is -1.87. The summed E-state index contributed by atoms with van der Waals surface area (Å²) in [6.45, 7) is 4.10. The number of ether oxygens (including phenoxy) is 1. The topological polar surface area (TPSA) is 73.2 Å². The van der Waals surface area contributed by atoms with E-state index in [0.717, 1.165) is 46.8 Å². The van der Waals surface area contributed by atoms with E-state index in [1.807, 2.05) is 35.5 Å². The van der Waals surface area contributed by atoms with E-state index in [1.54, 1.807) is 23.5 Å². The fraction of sp³-hybridized carbons (Fsp3) is 0.552. The van der Waals surface area contributed by atoms with Gasteiger partial charge >= 0.3 is 0 Å². The minimum atomic E-state index is -0.963. The van der Waals surface area contributed by atoms with E-state index in [0.29, 0.717) is 12.2 Å².